The second-order valence-corrected chi connectivity index (χ2v) is 4.76. The van der Waals surface area contributed by atoms with Gasteiger partial charge in [-0.3, -0.25) is 4.79 Å². The molecule has 2 aliphatic carbocycles. The third-order valence-corrected chi connectivity index (χ3v) is 3.66. The highest BCUT2D eigenvalue weighted by Gasteiger charge is 2.30. The second kappa shape index (κ2) is 4.30. The van der Waals surface area contributed by atoms with E-state index in [0.717, 1.165) is 18.4 Å². The summed E-state index contributed by atoms with van der Waals surface area (Å²) in [4.78, 5) is 22.7. The lowest BCUT2D eigenvalue weighted by molar-refractivity contribution is -0.117. The van der Waals surface area contributed by atoms with Gasteiger partial charge in [0.15, 0.2) is 5.78 Å². The van der Waals surface area contributed by atoms with Gasteiger partial charge in [0.25, 0.3) is 0 Å². The van der Waals surface area contributed by atoms with Crippen molar-refractivity contribution < 1.29 is 9.59 Å². The molecule has 1 atom stereocenters. The molecule has 2 heteroatoms. The maximum atomic E-state index is 11.8. The van der Waals surface area contributed by atoms with Gasteiger partial charge in [0.1, 0.15) is 5.78 Å². The van der Waals surface area contributed by atoms with Crippen LogP contribution in [0.1, 0.15) is 51.9 Å². The lowest BCUT2D eigenvalue weighted by Crippen LogP contribution is -2.17. The van der Waals surface area contributed by atoms with E-state index in [-0.39, 0.29) is 5.78 Å². The fourth-order valence-electron chi connectivity index (χ4n) is 2.87. The van der Waals surface area contributed by atoms with Crippen LogP contribution in [0.2, 0.25) is 0 Å². The predicted octanol–water partition coefficient (Wildman–Crippen LogP) is 2.82. The number of allylic oxidation sites excluding steroid dienone is 2. The molecule has 0 spiro atoms. The smallest absolute Gasteiger partial charge is 0.158 e. The zero-order valence-electron chi connectivity index (χ0n) is 9.34. The summed E-state index contributed by atoms with van der Waals surface area (Å²) in [6, 6.07) is 0. The maximum Gasteiger partial charge on any atom is 0.158 e. The van der Waals surface area contributed by atoms with Crippen LogP contribution in [0.25, 0.3) is 0 Å². The number of fused-ring (bicyclic) bond motifs is 1. The Morgan fingerprint density at radius 3 is 2.87 bits per heavy atom. The van der Waals surface area contributed by atoms with Crippen LogP contribution in [0.15, 0.2) is 11.1 Å². The Morgan fingerprint density at radius 1 is 1.33 bits per heavy atom. The molecular formula is C13H18O2. The molecule has 82 valence electrons. The summed E-state index contributed by atoms with van der Waals surface area (Å²) in [5.41, 5.74) is 2.41. The molecule has 2 rings (SSSR count). The van der Waals surface area contributed by atoms with Gasteiger partial charge in [-0.15, -0.1) is 0 Å². The fraction of sp³-hybridized carbons (Fsp3) is 0.692. The average Bonchev–Trinajstić information content (AvgIpc) is 2.63. The number of Topliss-reactive ketones (excluding diaryl/α,β-unsaturated/α-hetero) is 2. The molecular weight excluding hydrogens is 188 g/mol. The number of ketones is 2. The Balaban J connectivity index is 2.16. The van der Waals surface area contributed by atoms with E-state index >= 15 is 0 Å². The number of rotatable bonds is 3. The summed E-state index contributed by atoms with van der Waals surface area (Å²) in [5, 5.41) is 0. The van der Waals surface area contributed by atoms with Gasteiger partial charge in [0, 0.05) is 12.8 Å². The first-order valence-electron chi connectivity index (χ1n) is 5.93. The summed E-state index contributed by atoms with van der Waals surface area (Å²) >= 11 is 0. The van der Waals surface area contributed by atoms with Crippen molar-refractivity contribution in [3.63, 3.8) is 0 Å². The van der Waals surface area contributed by atoms with Crippen molar-refractivity contribution >= 4 is 11.6 Å². The van der Waals surface area contributed by atoms with Crippen molar-refractivity contribution in [2.75, 3.05) is 0 Å². The molecule has 1 fully saturated rings. The van der Waals surface area contributed by atoms with E-state index in [0.29, 0.717) is 31.0 Å². The third-order valence-electron chi connectivity index (χ3n) is 3.66. The quantitative estimate of drug-likeness (QED) is 0.711. The van der Waals surface area contributed by atoms with E-state index in [9.17, 15) is 9.59 Å². The number of carbonyl (C=O) groups excluding carboxylic acids is 2. The Kier molecular flexibility index (Phi) is 3.03. The topological polar surface area (TPSA) is 34.1 Å². The predicted molar refractivity (Wildman–Crippen MR) is 58.5 cm³/mol. The van der Waals surface area contributed by atoms with Crippen LogP contribution in [-0.4, -0.2) is 11.6 Å². The number of hydrogen-bond acceptors (Lipinski definition) is 2. The second-order valence-electron chi connectivity index (χ2n) is 4.76. The first-order valence-corrected chi connectivity index (χ1v) is 5.93. The third kappa shape index (κ3) is 2.19. The van der Waals surface area contributed by atoms with E-state index in [2.05, 4.69) is 0 Å². The lowest BCUT2D eigenvalue weighted by Gasteiger charge is -2.22. The number of hydrogen-bond donors (Lipinski definition) is 0. The molecule has 1 unspecified atom stereocenters. The Morgan fingerprint density at radius 2 is 2.13 bits per heavy atom. The lowest BCUT2D eigenvalue weighted by atomic mass is 9.82. The fourth-order valence-corrected chi connectivity index (χ4v) is 2.87. The highest BCUT2D eigenvalue weighted by atomic mass is 16.1. The van der Waals surface area contributed by atoms with Crippen LogP contribution < -0.4 is 0 Å². The Labute approximate surface area is 90.7 Å². The molecule has 0 radical (unpaired) electrons. The van der Waals surface area contributed by atoms with Crippen molar-refractivity contribution in [2.45, 2.75) is 51.9 Å². The van der Waals surface area contributed by atoms with Crippen molar-refractivity contribution in [1.29, 1.82) is 0 Å². The number of carbonyl (C=O) groups is 2. The molecule has 0 saturated heterocycles. The summed E-state index contributed by atoms with van der Waals surface area (Å²) < 4.78 is 0. The average molecular weight is 206 g/mol. The van der Waals surface area contributed by atoms with Crippen molar-refractivity contribution in [3.05, 3.63) is 11.1 Å². The molecule has 2 nitrogen and oxygen atoms in total. The first kappa shape index (κ1) is 10.6. The van der Waals surface area contributed by atoms with Gasteiger partial charge in [0.05, 0.1) is 0 Å². The minimum Gasteiger partial charge on any atom is -0.300 e. The van der Waals surface area contributed by atoms with Crippen LogP contribution in [0, 0.1) is 5.92 Å². The van der Waals surface area contributed by atoms with Gasteiger partial charge >= 0.3 is 0 Å². The molecule has 0 aliphatic heterocycles. The molecule has 0 heterocycles. The van der Waals surface area contributed by atoms with Crippen LogP contribution in [-0.2, 0) is 9.59 Å². The van der Waals surface area contributed by atoms with Crippen molar-refractivity contribution in [2.24, 2.45) is 5.92 Å². The molecule has 0 aromatic carbocycles. The van der Waals surface area contributed by atoms with Gasteiger partial charge in [-0.25, -0.2) is 0 Å². The van der Waals surface area contributed by atoms with Gasteiger partial charge in [-0.2, -0.15) is 0 Å². The Bertz CT molecular complexity index is 325. The maximum absolute atomic E-state index is 11.8. The standard InChI is InChI=1S/C13H18O2/c1-9(14)5-7-12-11-4-2-3-10(11)6-8-13(12)15/h10H,2-8H2,1H3. The van der Waals surface area contributed by atoms with Crippen molar-refractivity contribution in [3.8, 4) is 0 Å². The van der Waals surface area contributed by atoms with E-state index in [1.807, 2.05) is 0 Å². The van der Waals surface area contributed by atoms with Crippen LogP contribution in [0.3, 0.4) is 0 Å². The minimum absolute atomic E-state index is 0.191. The van der Waals surface area contributed by atoms with Gasteiger partial charge in [0.2, 0.25) is 0 Å². The zero-order chi connectivity index (χ0) is 10.8. The van der Waals surface area contributed by atoms with Gasteiger partial charge in [-0.1, -0.05) is 5.57 Å². The minimum atomic E-state index is 0.191. The van der Waals surface area contributed by atoms with Crippen LogP contribution in [0.4, 0.5) is 0 Å². The molecule has 0 aromatic rings. The molecule has 0 N–H and O–H groups in total. The molecule has 2 aliphatic rings. The first-order chi connectivity index (χ1) is 7.18. The van der Waals surface area contributed by atoms with Gasteiger partial charge < -0.3 is 4.79 Å². The molecule has 1 saturated carbocycles. The summed E-state index contributed by atoms with van der Waals surface area (Å²) in [5.74, 6) is 1.17. The highest BCUT2D eigenvalue weighted by molar-refractivity contribution is 5.97. The van der Waals surface area contributed by atoms with E-state index in [1.54, 1.807) is 6.92 Å². The summed E-state index contributed by atoms with van der Waals surface area (Å²) in [6.07, 6.45) is 6.59. The normalized spacial score (nSPS) is 25.7. The summed E-state index contributed by atoms with van der Waals surface area (Å²) in [7, 11) is 0. The van der Waals surface area contributed by atoms with E-state index in [1.165, 1.54) is 18.4 Å². The van der Waals surface area contributed by atoms with Crippen LogP contribution >= 0.6 is 0 Å². The van der Waals surface area contributed by atoms with E-state index in [4.69, 9.17) is 0 Å². The molecule has 0 amide bonds. The Hall–Kier alpha value is -0.920. The van der Waals surface area contributed by atoms with Crippen molar-refractivity contribution in [1.82, 2.24) is 0 Å². The molecule has 0 bridgehead atoms. The largest absolute Gasteiger partial charge is 0.300 e. The highest BCUT2D eigenvalue weighted by Crippen LogP contribution is 2.41. The monoisotopic (exact) mass is 206 g/mol. The van der Waals surface area contributed by atoms with E-state index < -0.39 is 0 Å². The van der Waals surface area contributed by atoms with Gasteiger partial charge in [-0.05, 0) is 50.5 Å². The van der Waals surface area contributed by atoms with Crippen LogP contribution in [0.5, 0.6) is 0 Å². The summed E-state index contributed by atoms with van der Waals surface area (Å²) in [6.45, 7) is 1.60. The molecule has 0 aromatic heterocycles. The zero-order valence-corrected chi connectivity index (χ0v) is 9.34. The molecule has 15 heavy (non-hydrogen) atoms. The SMILES string of the molecule is CC(=O)CCC1=C2CCCC2CCC1=O.